The van der Waals surface area contributed by atoms with Crippen LogP contribution in [0, 0.1) is 0 Å². The highest BCUT2D eigenvalue weighted by molar-refractivity contribution is 5.23. The molecule has 0 aromatic carbocycles. The summed E-state index contributed by atoms with van der Waals surface area (Å²) in [4.78, 5) is 15.0. The van der Waals surface area contributed by atoms with Crippen molar-refractivity contribution < 1.29 is 20.1 Å². The standard InChI is InChI=1S/C9H13N3O5.C2H8N2/c10-5-1-2-12(9(16)11-5)8-7(15)6(14)4(3-13)17-8;1-4(2)3/h1-2,4,6-8,13-15H,3H2,(H2,10,11,16);3H2,1-2H3. The predicted molar refractivity (Wildman–Crippen MR) is 73.8 cm³/mol. The average molecular weight is 303 g/mol. The Hall–Kier alpha value is -1.56. The molecule has 21 heavy (non-hydrogen) atoms. The first-order valence-electron chi connectivity index (χ1n) is 6.17. The van der Waals surface area contributed by atoms with E-state index in [0.29, 0.717) is 0 Å². The number of nitrogen functional groups attached to an aromatic ring is 1. The molecule has 0 radical (unpaired) electrons. The predicted octanol–water partition coefficient (Wildman–Crippen LogP) is -3.14. The lowest BCUT2D eigenvalue weighted by Crippen LogP contribution is -2.36. The molecular weight excluding hydrogens is 282 g/mol. The molecule has 0 saturated carbocycles. The largest absolute Gasteiger partial charge is 0.394 e. The Morgan fingerprint density at radius 3 is 2.43 bits per heavy atom. The van der Waals surface area contributed by atoms with Crippen LogP contribution < -0.4 is 17.3 Å². The minimum Gasteiger partial charge on any atom is -0.394 e. The normalized spacial score (nSPS) is 28.3. The first-order chi connectivity index (χ1) is 9.77. The molecule has 120 valence electrons. The molecule has 1 aromatic heterocycles. The summed E-state index contributed by atoms with van der Waals surface area (Å²) in [5.74, 6) is 5.00. The second-order valence-corrected chi connectivity index (χ2v) is 4.73. The fourth-order valence-corrected chi connectivity index (χ4v) is 1.73. The maximum absolute atomic E-state index is 11.5. The molecule has 10 heteroatoms. The van der Waals surface area contributed by atoms with E-state index in [2.05, 4.69) is 4.98 Å². The average Bonchev–Trinajstić information content (AvgIpc) is 2.66. The highest BCUT2D eigenvalue weighted by Crippen LogP contribution is 2.27. The molecule has 1 saturated heterocycles. The van der Waals surface area contributed by atoms with Crippen molar-refractivity contribution in [3.8, 4) is 0 Å². The van der Waals surface area contributed by atoms with E-state index < -0.39 is 36.8 Å². The van der Waals surface area contributed by atoms with E-state index in [9.17, 15) is 15.0 Å². The number of anilines is 1. The minimum absolute atomic E-state index is 0.0537. The number of rotatable bonds is 2. The summed E-state index contributed by atoms with van der Waals surface area (Å²) in [6.45, 7) is -0.453. The Morgan fingerprint density at radius 1 is 1.43 bits per heavy atom. The maximum Gasteiger partial charge on any atom is 0.351 e. The summed E-state index contributed by atoms with van der Waals surface area (Å²) in [7, 11) is 3.56. The third kappa shape index (κ3) is 4.46. The van der Waals surface area contributed by atoms with Gasteiger partial charge >= 0.3 is 5.69 Å². The molecule has 4 unspecified atom stereocenters. The second-order valence-electron chi connectivity index (χ2n) is 4.73. The maximum atomic E-state index is 11.5. The van der Waals surface area contributed by atoms with Gasteiger partial charge in [-0.2, -0.15) is 4.98 Å². The number of aliphatic hydroxyl groups excluding tert-OH is 3. The molecule has 0 spiro atoms. The van der Waals surface area contributed by atoms with E-state index in [-0.39, 0.29) is 5.82 Å². The van der Waals surface area contributed by atoms with Gasteiger partial charge in [0.1, 0.15) is 24.1 Å². The van der Waals surface area contributed by atoms with Gasteiger partial charge in [0.15, 0.2) is 6.23 Å². The summed E-state index contributed by atoms with van der Waals surface area (Å²) < 4.78 is 6.19. The monoisotopic (exact) mass is 303 g/mol. The summed E-state index contributed by atoms with van der Waals surface area (Å²) in [5.41, 5.74) is 4.63. The lowest BCUT2D eigenvalue weighted by atomic mass is 10.1. The van der Waals surface area contributed by atoms with Crippen LogP contribution in [0.5, 0.6) is 0 Å². The molecule has 0 amide bonds. The van der Waals surface area contributed by atoms with Crippen LogP contribution in [0.1, 0.15) is 6.23 Å². The van der Waals surface area contributed by atoms with Crippen molar-refractivity contribution in [2.45, 2.75) is 24.5 Å². The van der Waals surface area contributed by atoms with Crippen molar-refractivity contribution in [2.75, 3.05) is 26.4 Å². The quantitative estimate of drug-likeness (QED) is 0.281. The first kappa shape index (κ1) is 17.5. The van der Waals surface area contributed by atoms with E-state index in [4.69, 9.17) is 21.4 Å². The van der Waals surface area contributed by atoms with Crippen LogP contribution in [0.25, 0.3) is 0 Å². The third-order valence-electron chi connectivity index (χ3n) is 2.64. The molecule has 1 aromatic rings. The zero-order valence-electron chi connectivity index (χ0n) is 11.8. The number of aliphatic hydroxyl groups is 3. The third-order valence-corrected chi connectivity index (χ3v) is 2.64. The van der Waals surface area contributed by atoms with Crippen LogP contribution in [0.2, 0.25) is 0 Å². The van der Waals surface area contributed by atoms with E-state index in [1.165, 1.54) is 17.3 Å². The molecule has 2 heterocycles. The highest BCUT2D eigenvalue weighted by Gasteiger charge is 2.43. The molecule has 1 aliphatic rings. The SMILES string of the molecule is CN(C)N.Nc1ccn(C2OC(CO)C(O)C2O)c(=O)n1. The smallest absolute Gasteiger partial charge is 0.351 e. The van der Waals surface area contributed by atoms with Crippen molar-refractivity contribution in [3.63, 3.8) is 0 Å². The molecule has 7 N–H and O–H groups in total. The van der Waals surface area contributed by atoms with Crippen molar-refractivity contribution in [1.82, 2.24) is 14.6 Å². The number of nitrogens with two attached hydrogens (primary N) is 2. The highest BCUT2D eigenvalue weighted by atomic mass is 16.6. The van der Waals surface area contributed by atoms with Crippen LogP contribution in [-0.4, -0.2) is 68.9 Å². The second kappa shape index (κ2) is 7.45. The van der Waals surface area contributed by atoms with Crippen LogP contribution in [0.3, 0.4) is 0 Å². The van der Waals surface area contributed by atoms with Crippen LogP contribution >= 0.6 is 0 Å². The van der Waals surface area contributed by atoms with Gasteiger partial charge in [0.25, 0.3) is 0 Å². The molecule has 1 aliphatic heterocycles. The fraction of sp³-hybridized carbons (Fsp3) is 0.636. The Morgan fingerprint density at radius 2 is 2.00 bits per heavy atom. The molecular formula is C11H21N5O5. The van der Waals surface area contributed by atoms with Crippen LogP contribution in [0.15, 0.2) is 17.1 Å². The fourth-order valence-electron chi connectivity index (χ4n) is 1.73. The van der Waals surface area contributed by atoms with Crippen molar-refractivity contribution >= 4 is 5.82 Å². The minimum atomic E-state index is -1.31. The van der Waals surface area contributed by atoms with Crippen molar-refractivity contribution in [1.29, 1.82) is 0 Å². The van der Waals surface area contributed by atoms with E-state index in [0.717, 1.165) is 4.57 Å². The van der Waals surface area contributed by atoms with Gasteiger partial charge in [0, 0.05) is 20.3 Å². The summed E-state index contributed by atoms with van der Waals surface area (Å²) in [6.07, 6.45) is -3.27. The van der Waals surface area contributed by atoms with Crippen LogP contribution in [0.4, 0.5) is 5.82 Å². The molecule has 0 bridgehead atoms. The van der Waals surface area contributed by atoms with Gasteiger partial charge in [0.2, 0.25) is 0 Å². The lowest BCUT2D eigenvalue weighted by molar-refractivity contribution is -0.0549. The summed E-state index contributed by atoms with van der Waals surface area (Å²) in [5, 5.41) is 29.7. The zero-order chi connectivity index (χ0) is 16.2. The summed E-state index contributed by atoms with van der Waals surface area (Å²) in [6, 6.07) is 1.37. The van der Waals surface area contributed by atoms with Gasteiger partial charge in [0.05, 0.1) is 6.61 Å². The lowest BCUT2D eigenvalue weighted by Gasteiger charge is -2.16. The number of aromatic nitrogens is 2. The molecule has 4 atom stereocenters. The van der Waals surface area contributed by atoms with E-state index in [1.807, 2.05) is 0 Å². The number of nitrogens with zero attached hydrogens (tertiary/aromatic N) is 3. The van der Waals surface area contributed by atoms with Crippen molar-refractivity contribution in [3.05, 3.63) is 22.7 Å². The van der Waals surface area contributed by atoms with E-state index in [1.54, 1.807) is 14.1 Å². The number of hydrogen-bond acceptors (Lipinski definition) is 9. The molecule has 0 aliphatic carbocycles. The Balaban J connectivity index is 0.000000491. The number of hydrazine groups is 1. The van der Waals surface area contributed by atoms with Gasteiger partial charge < -0.3 is 25.8 Å². The van der Waals surface area contributed by atoms with Crippen molar-refractivity contribution in [2.24, 2.45) is 5.84 Å². The van der Waals surface area contributed by atoms with Gasteiger partial charge in [-0.05, 0) is 6.07 Å². The molecule has 2 rings (SSSR count). The van der Waals surface area contributed by atoms with Gasteiger partial charge in [-0.3, -0.25) is 15.4 Å². The molecule has 1 fully saturated rings. The van der Waals surface area contributed by atoms with Crippen LogP contribution in [-0.2, 0) is 4.74 Å². The Kier molecular flexibility index (Phi) is 6.20. The van der Waals surface area contributed by atoms with Gasteiger partial charge in [-0.25, -0.2) is 4.79 Å². The number of ether oxygens (including phenoxy) is 1. The van der Waals surface area contributed by atoms with Gasteiger partial charge in [-0.15, -0.1) is 0 Å². The Bertz CT molecular complexity index is 505. The number of hydrogen-bond donors (Lipinski definition) is 5. The Labute approximate surface area is 121 Å². The first-order valence-corrected chi connectivity index (χ1v) is 6.17. The van der Waals surface area contributed by atoms with E-state index >= 15 is 0 Å². The topological polar surface area (TPSA) is 160 Å². The summed E-state index contributed by atoms with van der Waals surface area (Å²) >= 11 is 0. The van der Waals surface area contributed by atoms with Gasteiger partial charge in [-0.1, -0.05) is 0 Å². The zero-order valence-corrected chi connectivity index (χ0v) is 11.8. The molecule has 10 nitrogen and oxygen atoms in total.